The molecule has 1 aliphatic heterocycles. The molecular formula is C19H23ClN2O2. The average molecular weight is 347 g/mol. The number of carbonyl (C=O) groups is 1. The molecule has 3 rings (SSSR count). The lowest BCUT2D eigenvalue weighted by molar-refractivity contribution is 0.0722. The quantitative estimate of drug-likeness (QED) is 0.923. The van der Waals surface area contributed by atoms with Crippen LogP contribution in [0.4, 0.5) is 4.79 Å². The van der Waals surface area contributed by atoms with E-state index in [2.05, 4.69) is 17.4 Å². The number of rotatable bonds is 4. The largest absolute Gasteiger partial charge is 0.445 e. The molecule has 1 fully saturated rings. The van der Waals surface area contributed by atoms with E-state index in [1.54, 1.807) is 0 Å². The van der Waals surface area contributed by atoms with Gasteiger partial charge < -0.3 is 15.0 Å². The van der Waals surface area contributed by atoms with E-state index in [1.165, 1.54) is 5.56 Å². The lowest BCUT2D eigenvalue weighted by Gasteiger charge is -2.35. The van der Waals surface area contributed by atoms with Crippen LogP contribution in [-0.4, -0.2) is 36.7 Å². The van der Waals surface area contributed by atoms with Gasteiger partial charge in [-0.15, -0.1) is 12.4 Å². The van der Waals surface area contributed by atoms with E-state index in [0.717, 1.165) is 25.1 Å². The second kappa shape index (κ2) is 9.30. The number of piperazine rings is 1. The SMILES string of the molecule is Cl.O=C(OCc1ccccc1)N1CCNC[C@H]1Cc1ccccc1. The van der Waals surface area contributed by atoms with E-state index in [9.17, 15) is 4.79 Å². The Labute approximate surface area is 149 Å². The molecule has 4 nitrogen and oxygen atoms in total. The molecule has 0 radical (unpaired) electrons. The third-order valence-corrected chi connectivity index (χ3v) is 4.10. The van der Waals surface area contributed by atoms with E-state index in [0.29, 0.717) is 13.2 Å². The van der Waals surface area contributed by atoms with Crippen LogP contribution in [0.25, 0.3) is 0 Å². The minimum absolute atomic E-state index is 0. The van der Waals surface area contributed by atoms with Crippen LogP contribution in [0.5, 0.6) is 0 Å². The van der Waals surface area contributed by atoms with Crippen LogP contribution in [0.15, 0.2) is 60.7 Å². The minimum atomic E-state index is -0.226. The number of nitrogens with one attached hydrogen (secondary N) is 1. The van der Waals surface area contributed by atoms with Crippen molar-refractivity contribution in [2.75, 3.05) is 19.6 Å². The summed E-state index contributed by atoms with van der Waals surface area (Å²) in [5, 5.41) is 3.36. The Balaban J connectivity index is 0.00000208. The van der Waals surface area contributed by atoms with Crippen LogP contribution in [0.2, 0.25) is 0 Å². The van der Waals surface area contributed by atoms with Crippen molar-refractivity contribution in [3.63, 3.8) is 0 Å². The Kier molecular flexibility index (Phi) is 7.09. The fraction of sp³-hybridized carbons (Fsp3) is 0.316. The third kappa shape index (κ3) is 4.98. The fourth-order valence-corrected chi connectivity index (χ4v) is 2.87. The van der Waals surface area contributed by atoms with Gasteiger partial charge in [0.05, 0.1) is 6.04 Å². The summed E-state index contributed by atoms with van der Waals surface area (Å²) in [4.78, 5) is 14.3. The Bertz CT molecular complexity index is 622. The summed E-state index contributed by atoms with van der Waals surface area (Å²) < 4.78 is 5.49. The van der Waals surface area contributed by atoms with Crippen molar-refractivity contribution in [3.05, 3.63) is 71.8 Å². The fourth-order valence-electron chi connectivity index (χ4n) is 2.87. The maximum atomic E-state index is 12.4. The van der Waals surface area contributed by atoms with Crippen molar-refractivity contribution >= 4 is 18.5 Å². The van der Waals surface area contributed by atoms with E-state index < -0.39 is 0 Å². The predicted molar refractivity (Wildman–Crippen MR) is 97.4 cm³/mol. The van der Waals surface area contributed by atoms with E-state index in [-0.39, 0.29) is 24.5 Å². The van der Waals surface area contributed by atoms with Gasteiger partial charge in [-0.2, -0.15) is 0 Å². The summed E-state index contributed by atoms with van der Waals surface area (Å²) in [6.45, 7) is 2.62. The Morgan fingerprint density at radius 2 is 1.67 bits per heavy atom. The number of amides is 1. The number of hydrogen-bond acceptors (Lipinski definition) is 3. The highest BCUT2D eigenvalue weighted by molar-refractivity contribution is 5.85. The molecule has 1 saturated heterocycles. The van der Waals surface area contributed by atoms with E-state index in [1.807, 2.05) is 53.4 Å². The Hall–Kier alpha value is -2.04. The van der Waals surface area contributed by atoms with Gasteiger partial charge in [-0.25, -0.2) is 4.79 Å². The summed E-state index contributed by atoms with van der Waals surface area (Å²) >= 11 is 0. The molecule has 2 aromatic rings. The highest BCUT2D eigenvalue weighted by Gasteiger charge is 2.27. The number of halogens is 1. The Morgan fingerprint density at radius 1 is 1.04 bits per heavy atom. The third-order valence-electron chi connectivity index (χ3n) is 4.10. The first-order valence-electron chi connectivity index (χ1n) is 8.05. The zero-order chi connectivity index (χ0) is 15.9. The standard InChI is InChI=1S/C19H22N2O2.ClH/c22-19(23-15-17-9-5-2-6-10-17)21-12-11-20-14-18(21)13-16-7-3-1-4-8-16;/h1-10,18,20H,11-15H2;1H/t18-;/m1./s1. The zero-order valence-corrected chi connectivity index (χ0v) is 14.4. The second-order valence-corrected chi connectivity index (χ2v) is 5.78. The summed E-state index contributed by atoms with van der Waals surface area (Å²) in [6.07, 6.45) is 0.616. The highest BCUT2D eigenvalue weighted by atomic mass is 35.5. The summed E-state index contributed by atoms with van der Waals surface area (Å²) in [7, 11) is 0. The number of ether oxygens (including phenoxy) is 1. The van der Waals surface area contributed by atoms with Gasteiger partial charge in [0.15, 0.2) is 0 Å². The van der Waals surface area contributed by atoms with Crippen molar-refractivity contribution in [2.24, 2.45) is 0 Å². The molecule has 2 aromatic carbocycles. The van der Waals surface area contributed by atoms with Crippen molar-refractivity contribution in [1.82, 2.24) is 10.2 Å². The molecule has 1 heterocycles. The predicted octanol–water partition coefficient (Wildman–Crippen LogP) is 3.26. The molecule has 0 bridgehead atoms. The summed E-state index contributed by atoms with van der Waals surface area (Å²) in [5.41, 5.74) is 2.25. The monoisotopic (exact) mass is 346 g/mol. The van der Waals surface area contributed by atoms with Crippen molar-refractivity contribution in [1.29, 1.82) is 0 Å². The normalized spacial score (nSPS) is 17.0. The molecule has 1 N–H and O–H groups in total. The molecule has 24 heavy (non-hydrogen) atoms. The summed E-state index contributed by atoms with van der Waals surface area (Å²) in [5.74, 6) is 0. The average Bonchev–Trinajstić information content (AvgIpc) is 2.62. The Morgan fingerprint density at radius 3 is 2.33 bits per heavy atom. The van der Waals surface area contributed by atoms with Crippen LogP contribution in [-0.2, 0) is 17.8 Å². The van der Waals surface area contributed by atoms with Crippen molar-refractivity contribution in [3.8, 4) is 0 Å². The van der Waals surface area contributed by atoms with Gasteiger partial charge in [0.25, 0.3) is 0 Å². The molecule has 0 saturated carbocycles. The molecule has 5 heteroatoms. The van der Waals surface area contributed by atoms with Gasteiger partial charge in [0.1, 0.15) is 6.61 Å². The van der Waals surface area contributed by atoms with Gasteiger partial charge in [-0.1, -0.05) is 60.7 Å². The first-order chi connectivity index (χ1) is 11.3. The molecule has 0 aliphatic carbocycles. The zero-order valence-electron chi connectivity index (χ0n) is 13.6. The number of hydrogen-bond donors (Lipinski definition) is 1. The summed E-state index contributed by atoms with van der Waals surface area (Å²) in [6, 6.07) is 20.2. The highest BCUT2D eigenvalue weighted by Crippen LogP contribution is 2.13. The molecular weight excluding hydrogens is 324 g/mol. The lowest BCUT2D eigenvalue weighted by atomic mass is 10.0. The van der Waals surface area contributed by atoms with Gasteiger partial charge in [0, 0.05) is 19.6 Å². The lowest BCUT2D eigenvalue weighted by Crippen LogP contribution is -2.54. The smallest absolute Gasteiger partial charge is 0.410 e. The molecule has 1 amide bonds. The molecule has 1 aliphatic rings. The maximum absolute atomic E-state index is 12.4. The molecule has 0 spiro atoms. The number of carbonyl (C=O) groups excluding carboxylic acids is 1. The first-order valence-corrected chi connectivity index (χ1v) is 8.05. The van der Waals surface area contributed by atoms with Gasteiger partial charge in [-0.05, 0) is 17.5 Å². The molecule has 1 atom stereocenters. The second-order valence-electron chi connectivity index (χ2n) is 5.78. The minimum Gasteiger partial charge on any atom is -0.445 e. The topological polar surface area (TPSA) is 41.6 Å². The van der Waals surface area contributed by atoms with Gasteiger partial charge in [0.2, 0.25) is 0 Å². The molecule has 0 aromatic heterocycles. The van der Waals surface area contributed by atoms with Gasteiger partial charge in [-0.3, -0.25) is 0 Å². The van der Waals surface area contributed by atoms with E-state index >= 15 is 0 Å². The van der Waals surface area contributed by atoms with Crippen LogP contribution in [0.3, 0.4) is 0 Å². The van der Waals surface area contributed by atoms with Crippen molar-refractivity contribution < 1.29 is 9.53 Å². The van der Waals surface area contributed by atoms with Crippen LogP contribution in [0, 0.1) is 0 Å². The number of benzene rings is 2. The van der Waals surface area contributed by atoms with Crippen LogP contribution >= 0.6 is 12.4 Å². The molecule has 128 valence electrons. The van der Waals surface area contributed by atoms with Gasteiger partial charge >= 0.3 is 6.09 Å². The maximum Gasteiger partial charge on any atom is 0.410 e. The van der Waals surface area contributed by atoms with E-state index in [4.69, 9.17) is 4.74 Å². The van der Waals surface area contributed by atoms with Crippen LogP contribution in [0.1, 0.15) is 11.1 Å². The van der Waals surface area contributed by atoms with Crippen LogP contribution < -0.4 is 5.32 Å². The molecule has 0 unspecified atom stereocenters. The number of nitrogens with zero attached hydrogens (tertiary/aromatic N) is 1. The van der Waals surface area contributed by atoms with Crippen molar-refractivity contribution in [2.45, 2.75) is 19.1 Å². The first kappa shape index (κ1) is 18.3.